The zero-order valence-corrected chi connectivity index (χ0v) is 31.6. The summed E-state index contributed by atoms with van der Waals surface area (Å²) < 4.78 is 0. The van der Waals surface area contributed by atoms with Crippen molar-refractivity contribution in [3.8, 4) is 0 Å². The van der Waals surface area contributed by atoms with Crippen molar-refractivity contribution in [1.82, 2.24) is 24.5 Å². The molecular weight excluding hydrogens is 745 g/mol. The fraction of sp³-hybridized carbons (Fsp3) is 0.268. The Morgan fingerprint density at radius 3 is 1.19 bits per heavy atom. The lowest BCUT2D eigenvalue weighted by atomic mass is 9.99. The zero-order chi connectivity index (χ0) is 40.0. The molecule has 0 amide bonds. The minimum Gasteiger partial charge on any atom is -0.334 e. The third-order valence-electron chi connectivity index (χ3n) is 12.4. The molecule has 5 fully saturated rings. The van der Waals surface area contributed by atoms with E-state index in [1.807, 2.05) is 97.1 Å². The van der Waals surface area contributed by atoms with Gasteiger partial charge in [-0.1, -0.05) is 136 Å². The van der Waals surface area contributed by atoms with Gasteiger partial charge in [-0.2, -0.15) is 0 Å². The first kappa shape index (κ1) is 36.3. The Bertz CT molecular complexity index is 2660. The summed E-state index contributed by atoms with van der Waals surface area (Å²) in [5.41, 5.74) is 46.8. The van der Waals surface area contributed by atoms with Gasteiger partial charge >= 0.3 is 0 Å². The Labute approximate surface area is 338 Å². The van der Waals surface area contributed by atoms with Crippen LogP contribution in [0.4, 0.5) is 28.4 Å². The van der Waals surface area contributed by atoms with E-state index in [-0.39, 0.29) is 37.0 Å². The highest BCUT2D eigenvalue weighted by Crippen LogP contribution is 2.57. The second-order valence-corrected chi connectivity index (χ2v) is 15.2. The van der Waals surface area contributed by atoms with Crippen LogP contribution in [0.1, 0.15) is 27.8 Å². The van der Waals surface area contributed by atoms with E-state index >= 15 is 0 Å². The molecule has 290 valence electrons. The van der Waals surface area contributed by atoms with Crippen molar-refractivity contribution in [2.45, 2.75) is 69.7 Å². The lowest BCUT2D eigenvalue weighted by Gasteiger charge is -2.57. The van der Waals surface area contributed by atoms with E-state index < -0.39 is 0 Å². The van der Waals surface area contributed by atoms with Gasteiger partial charge in [-0.05, 0) is 56.0 Å². The number of hydrogen-bond acceptors (Lipinski definition) is 10. The number of anilines is 1. The van der Waals surface area contributed by atoms with Gasteiger partial charge < -0.3 is 4.90 Å². The lowest BCUT2D eigenvalue weighted by Crippen LogP contribution is -2.74. The minimum atomic E-state index is -0.282. The second kappa shape index (κ2) is 15.0. The van der Waals surface area contributed by atoms with Gasteiger partial charge in [0, 0.05) is 80.8 Å². The van der Waals surface area contributed by atoms with Gasteiger partial charge in [-0.25, -0.2) is 0 Å². The molecule has 5 saturated heterocycles. The molecule has 0 aliphatic carbocycles. The maximum atomic E-state index is 9.65. The molecule has 59 heavy (non-hydrogen) atoms. The van der Waals surface area contributed by atoms with Crippen LogP contribution in [0.15, 0.2) is 142 Å². The molecule has 0 spiro atoms. The van der Waals surface area contributed by atoms with Gasteiger partial charge in [0.15, 0.2) is 0 Å². The third-order valence-corrected chi connectivity index (χ3v) is 12.4. The molecule has 6 heterocycles. The first-order chi connectivity index (χ1) is 29.1. The summed E-state index contributed by atoms with van der Waals surface area (Å²) in [4.78, 5) is 28.1. The van der Waals surface area contributed by atoms with Crippen LogP contribution < -0.4 is 4.90 Å². The first-order valence-electron chi connectivity index (χ1n) is 19.3. The van der Waals surface area contributed by atoms with Crippen molar-refractivity contribution in [3.05, 3.63) is 191 Å². The van der Waals surface area contributed by atoms with E-state index in [2.05, 4.69) is 93.8 Å². The molecule has 0 aromatic heterocycles. The molecular formula is C41H36N18. The maximum absolute atomic E-state index is 9.65. The maximum Gasteiger partial charge on any atom is 0.115 e. The molecule has 5 aromatic rings. The standard InChI is InChI=1S/C41H36N18/c42-50-46-31-16-6-1-11-26(31)21-54-36-37-56(23-28-13-3-8-18-33(28)48-52-44)38(54)40-57(24-29-14-4-9-19-34(29)49-53-45)39(55(36)22-27-12-2-7-17-32(27)47-51-43)41-58(37)25-30-15-5-10-20-35(30)59(40)41/h1-20,36-41H,21-25H2. The molecule has 18 heteroatoms. The van der Waals surface area contributed by atoms with Crippen LogP contribution in [0.25, 0.3) is 41.8 Å². The molecule has 6 aliphatic heterocycles. The summed E-state index contributed by atoms with van der Waals surface area (Å²) in [6.07, 6.45) is -1.25. The van der Waals surface area contributed by atoms with E-state index in [0.29, 0.717) is 55.5 Å². The largest absolute Gasteiger partial charge is 0.334 e. The van der Waals surface area contributed by atoms with E-state index in [4.69, 9.17) is 0 Å². The topological polar surface area (TPSA) is 214 Å². The van der Waals surface area contributed by atoms with Crippen molar-refractivity contribution < 1.29 is 0 Å². The quantitative estimate of drug-likeness (QED) is 0.0681. The van der Waals surface area contributed by atoms with E-state index in [0.717, 1.165) is 27.9 Å². The van der Waals surface area contributed by atoms with Crippen LogP contribution >= 0.6 is 0 Å². The SMILES string of the molecule is [N-]=[N+]=Nc1ccccc1CN1C2C3N(Cc4ccccc4N=[N+]=[N-])C1C1N(Cc4ccccc4N=[N+]=[N-])C(C4N3Cc3ccccc3N41)N2Cc1ccccc1N=[N+]=[N-]. The smallest absolute Gasteiger partial charge is 0.115 e. The van der Waals surface area contributed by atoms with Crippen LogP contribution in [0.3, 0.4) is 0 Å². The van der Waals surface area contributed by atoms with Gasteiger partial charge in [0.2, 0.25) is 0 Å². The van der Waals surface area contributed by atoms with Crippen LogP contribution in [0.2, 0.25) is 0 Å². The van der Waals surface area contributed by atoms with Crippen molar-refractivity contribution in [2.24, 2.45) is 20.5 Å². The minimum absolute atomic E-state index is 0.105. The summed E-state index contributed by atoms with van der Waals surface area (Å²) in [7, 11) is 0. The van der Waals surface area contributed by atoms with Gasteiger partial charge in [-0.15, -0.1) is 0 Å². The molecule has 0 N–H and O–H groups in total. The number of benzene rings is 5. The number of azide groups is 4. The molecule has 7 unspecified atom stereocenters. The normalized spacial score (nSPS) is 25.0. The van der Waals surface area contributed by atoms with Crippen LogP contribution in [-0.4, -0.2) is 61.5 Å². The van der Waals surface area contributed by atoms with Crippen molar-refractivity contribution in [2.75, 3.05) is 4.90 Å². The zero-order valence-electron chi connectivity index (χ0n) is 31.6. The number of para-hydroxylation sites is 1. The predicted octanol–water partition coefficient (Wildman–Crippen LogP) is 10.1. The fourth-order valence-corrected chi connectivity index (χ4v) is 10.3. The highest BCUT2D eigenvalue weighted by molar-refractivity contribution is 5.61. The van der Waals surface area contributed by atoms with E-state index in [9.17, 15) is 22.1 Å². The first-order valence-corrected chi connectivity index (χ1v) is 19.3. The Hall–Kier alpha value is -7.06. The van der Waals surface area contributed by atoms with E-state index in [1.54, 1.807) is 0 Å². The van der Waals surface area contributed by atoms with Gasteiger partial charge in [0.05, 0.1) is 12.3 Å². The van der Waals surface area contributed by atoms with Crippen LogP contribution in [0, 0.1) is 0 Å². The number of nitrogens with zero attached hydrogens (tertiary/aromatic N) is 18. The second-order valence-electron chi connectivity index (χ2n) is 15.2. The highest BCUT2D eigenvalue weighted by Gasteiger charge is 2.72. The summed E-state index contributed by atoms with van der Waals surface area (Å²) in [5, 5.41) is 16.5. The monoisotopic (exact) mass is 780 g/mol. The average molecular weight is 781 g/mol. The molecule has 8 bridgehead atoms. The molecule has 18 nitrogen and oxygen atoms in total. The van der Waals surface area contributed by atoms with E-state index in [1.165, 1.54) is 5.56 Å². The molecule has 5 aromatic carbocycles. The molecule has 11 rings (SSSR count). The van der Waals surface area contributed by atoms with Crippen molar-refractivity contribution in [1.29, 1.82) is 0 Å². The Balaban J connectivity index is 1.24. The predicted molar refractivity (Wildman–Crippen MR) is 220 cm³/mol. The van der Waals surface area contributed by atoms with Crippen molar-refractivity contribution >= 4 is 28.4 Å². The van der Waals surface area contributed by atoms with Crippen molar-refractivity contribution in [3.63, 3.8) is 0 Å². The van der Waals surface area contributed by atoms with Gasteiger partial charge in [0.1, 0.15) is 24.7 Å². The Kier molecular flexibility index (Phi) is 9.25. The third kappa shape index (κ3) is 5.89. The van der Waals surface area contributed by atoms with Gasteiger partial charge in [-0.3, -0.25) is 24.5 Å². The number of rotatable bonds is 12. The molecule has 7 atom stereocenters. The Morgan fingerprint density at radius 1 is 0.407 bits per heavy atom. The number of hydrogen-bond donors (Lipinski definition) is 0. The highest BCUT2D eigenvalue weighted by atomic mass is 15.8. The number of fused-ring (bicyclic) bond motifs is 1. The molecule has 0 radical (unpaired) electrons. The molecule has 0 saturated carbocycles. The molecule has 6 aliphatic rings. The summed E-state index contributed by atoms with van der Waals surface area (Å²) in [6, 6.07) is 39.5. The van der Waals surface area contributed by atoms with Gasteiger partial charge in [0.25, 0.3) is 0 Å². The van der Waals surface area contributed by atoms with Crippen LogP contribution in [0.5, 0.6) is 0 Å². The summed E-state index contributed by atoms with van der Waals surface area (Å²) in [6.45, 7) is 2.52. The summed E-state index contributed by atoms with van der Waals surface area (Å²) >= 11 is 0. The lowest BCUT2D eigenvalue weighted by molar-refractivity contribution is -0.151. The van der Waals surface area contributed by atoms with Crippen LogP contribution in [-0.2, 0) is 32.7 Å². The number of piperazine rings is 1. The fourth-order valence-electron chi connectivity index (χ4n) is 10.3. The average Bonchev–Trinajstić information content (AvgIpc) is 3.71. The Morgan fingerprint density at radius 2 is 0.746 bits per heavy atom. The summed E-state index contributed by atoms with van der Waals surface area (Å²) in [5.74, 6) is 0.